The van der Waals surface area contributed by atoms with Crippen molar-refractivity contribution in [3.05, 3.63) is 0 Å². The highest BCUT2D eigenvalue weighted by Crippen LogP contribution is 2.44. The van der Waals surface area contributed by atoms with Crippen LogP contribution in [0, 0.1) is 5.41 Å². The molecule has 1 atom stereocenters. The molecule has 2 nitrogen and oxygen atoms in total. The van der Waals surface area contributed by atoms with Gasteiger partial charge in [-0.1, -0.05) is 6.92 Å². The summed E-state index contributed by atoms with van der Waals surface area (Å²) in [7, 11) is 0. The molecule has 1 aliphatic carbocycles. The summed E-state index contributed by atoms with van der Waals surface area (Å²) in [6, 6.07) is 0.262. The fraction of sp³-hybridized carbons (Fsp3) is 1.00. The first-order valence-electron chi connectivity index (χ1n) is 4.00. The maximum Gasteiger partial charge on any atom is 0.0581 e. The van der Waals surface area contributed by atoms with Gasteiger partial charge in [0.15, 0.2) is 0 Å². The number of aliphatic hydroxyl groups excluding tert-OH is 1. The van der Waals surface area contributed by atoms with E-state index >= 15 is 0 Å². The third kappa shape index (κ3) is 2.27. The lowest BCUT2D eigenvalue weighted by atomic mass is 10.1. The summed E-state index contributed by atoms with van der Waals surface area (Å²) in [5.74, 6) is 0. The largest absolute Gasteiger partial charge is 0.395 e. The van der Waals surface area contributed by atoms with Gasteiger partial charge in [-0.25, -0.2) is 0 Å². The predicted molar refractivity (Wildman–Crippen MR) is 41.9 cm³/mol. The Morgan fingerprint density at radius 1 is 1.60 bits per heavy atom. The molecule has 1 unspecified atom stereocenters. The topological polar surface area (TPSA) is 32.3 Å². The molecule has 60 valence electrons. The van der Waals surface area contributed by atoms with Crippen LogP contribution in [0.3, 0.4) is 0 Å². The molecule has 1 fully saturated rings. The smallest absolute Gasteiger partial charge is 0.0581 e. The van der Waals surface area contributed by atoms with Gasteiger partial charge in [-0.2, -0.15) is 0 Å². The predicted octanol–water partition coefficient (Wildman–Crippen LogP) is 0.757. The van der Waals surface area contributed by atoms with Gasteiger partial charge >= 0.3 is 0 Å². The Bertz CT molecular complexity index is 110. The minimum atomic E-state index is 0.246. The van der Waals surface area contributed by atoms with E-state index in [1.165, 1.54) is 12.8 Å². The van der Waals surface area contributed by atoms with Crippen molar-refractivity contribution >= 4 is 0 Å². The van der Waals surface area contributed by atoms with Crippen LogP contribution in [0.2, 0.25) is 0 Å². The molecule has 0 heterocycles. The average molecular weight is 143 g/mol. The first-order valence-corrected chi connectivity index (χ1v) is 4.00. The van der Waals surface area contributed by atoms with Crippen LogP contribution < -0.4 is 5.32 Å². The third-order valence-electron chi connectivity index (χ3n) is 2.25. The Morgan fingerprint density at radius 2 is 2.20 bits per heavy atom. The second kappa shape index (κ2) is 2.89. The van der Waals surface area contributed by atoms with Crippen molar-refractivity contribution in [1.82, 2.24) is 5.32 Å². The fourth-order valence-electron chi connectivity index (χ4n) is 0.875. The lowest BCUT2D eigenvalue weighted by Gasteiger charge is -2.14. The molecule has 0 saturated heterocycles. The van der Waals surface area contributed by atoms with Crippen molar-refractivity contribution in [3.63, 3.8) is 0 Å². The summed E-state index contributed by atoms with van der Waals surface area (Å²) in [5, 5.41) is 12.0. The molecule has 0 aromatic heterocycles. The summed E-state index contributed by atoms with van der Waals surface area (Å²) in [4.78, 5) is 0. The minimum Gasteiger partial charge on any atom is -0.395 e. The quantitative estimate of drug-likeness (QED) is 0.609. The van der Waals surface area contributed by atoms with Crippen molar-refractivity contribution in [1.29, 1.82) is 0 Å². The molecular formula is C8H17NO. The van der Waals surface area contributed by atoms with Crippen molar-refractivity contribution in [2.24, 2.45) is 5.41 Å². The van der Waals surface area contributed by atoms with Gasteiger partial charge in [-0.3, -0.25) is 0 Å². The fourth-order valence-corrected chi connectivity index (χ4v) is 0.875. The summed E-state index contributed by atoms with van der Waals surface area (Å²) in [6.07, 6.45) is 2.69. The van der Waals surface area contributed by atoms with Gasteiger partial charge in [0.25, 0.3) is 0 Å². The molecule has 1 saturated carbocycles. The highest BCUT2D eigenvalue weighted by molar-refractivity contribution is 4.90. The second-order valence-corrected chi connectivity index (χ2v) is 3.78. The maximum absolute atomic E-state index is 8.69. The molecule has 2 heteroatoms. The molecule has 0 aromatic rings. The van der Waals surface area contributed by atoms with Crippen LogP contribution in [0.4, 0.5) is 0 Å². The highest BCUT2D eigenvalue weighted by atomic mass is 16.3. The molecule has 0 aromatic carbocycles. The van der Waals surface area contributed by atoms with Crippen LogP contribution in [0.25, 0.3) is 0 Å². The van der Waals surface area contributed by atoms with Gasteiger partial charge in [0.05, 0.1) is 6.61 Å². The van der Waals surface area contributed by atoms with Crippen molar-refractivity contribution in [2.45, 2.75) is 32.7 Å². The first-order chi connectivity index (χ1) is 4.66. The second-order valence-electron chi connectivity index (χ2n) is 3.78. The molecule has 1 aliphatic rings. The molecule has 0 aliphatic heterocycles. The SMILES string of the molecule is CC(CO)NCC1(C)CC1. The zero-order valence-electron chi connectivity index (χ0n) is 6.85. The summed E-state index contributed by atoms with van der Waals surface area (Å²) in [5.41, 5.74) is 0.559. The summed E-state index contributed by atoms with van der Waals surface area (Å²) < 4.78 is 0. The number of hydrogen-bond donors (Lipinski definition) is 2. The van der Waals surface area contributed by atoms with E-state index < -0.39 is 0 Å². The summed E-state index contributed by atoms with van der Waals surface area (Å²) in [6.45, 7) is 5.60. The molecular weight excluding hydrogens is 126 g/mol. The van der Waals surface area contributed by atoms with E-state index in [9.17, 15) is 0 Å². The monoisotopic (exact) mass is 143 g/mol. The average Bonchev–Trinajstić information content (AvgIpc) is 2.64. The van der Waals surface area contributed by atoms with E-state index in [2.05, 4.69) is 12.2 Å². The Kier molecular flexibility index (Phi) is 2.32. The Hall–Kier alpha value is -0.0800. The number of aliphatic hydroxyl groups is 1. The van der Waals surface area contributed by atoms with Crippen LogP contribution >= 0.6 is 0 Å². The van der Waals surface area contributed by atoms with E-state index in [0.29, 0.717) is 5.41 Å². The highest BCUT2D eigenvalue weighted by Gasteiger charge is 2.36. The van der Waals surface area contributed by atoms with Crippen molar-refractivity contribution in [2.75, 3.05) is 13.2 Å². The molecule has 2 N–H and O–H groups in total. The van der Waals surface area contributed by atoms with Gasteiger partial charge < -0.3 is 10.4 Å². The van der Waals surface area contributed by atoms with Crippen LogP contribution in [0.5, 0.6) is 0 Å². The Labute approximate surface area is 62.6 Å². The molecule has 0 radical (unpaired) electrons. The third-order valence-corrected chi connectivity index (χ3v) is 2.25. The molecule has 1 rings (SSSR count). The van der Waals surface area contributed by atoms with E-state index in [-0.39, 0.29) is 12.6 Å². The molecule has 0 bridgehead atoms. The molecule has 0 amide bonds. The zero-order valence-corrected chi connectivity index (χ0v) is 6.85. The minimum absolute atomic E-state index is 0.246. The van der Waals surface area contributed by atoms with Crippen LogP contribution in [-0.2, 0) is 0 Å². The normalized spacial score (nSPS) is 24.3. The van der Waals surface area contributed by atoms with E-state index in [1.807, 2.05) is 6.92 Å². The van der Waals surface area contributed by atoms with Crippen molar-refractivity contribution < 1.29 is 5.11 Å². The van der Waals surface area contributed by atoms with Crippen LogP contribution in [0.1, 0.15) is 26.7 Å². The zero-order chi connectivity index (χ0) is 7.61. The Morgan fingerprint density at radius 3 is 2.60 bits per heavy atom. The standard InChI is InChI=1S/C8H17NO/c1-7(5-10)9-6-8(2)3-4-8/h7,9-10H,3-6H2,1-2H3. The van der Waals surface area contributed by atoms with E-state index in [1.54, 1.807) is 0 Å². The van der Waals surface area contributed by atoms with E-state index in [4.69, 9.17) is 5.11 Å². The van der Waals surface area contributed by atoms with Crippen molar-refractivity contribution in [3.8, 4) is 0 Å². The van der Waals surface area contributed by atoms with Crippen LogP contribution in [0.15, 0.2) is 0 Å². The number of hydrogen-bond acceptors (Lipinski definition) is 2. The Balaban J connectivity index is 2.04. The van der Waals surface area contributed by atoms with Gasteiger partial charge in [0.1, 0.15) is 0 Å². The lowest BCUT2D eigenvalue weighted by Crippen LogP contribution is -2.33. The molecule has 10 heavy (non-hydrogen) atoms. The van der Waals surface area contributed by atoms with Gasteiger partial charge in [0, 0.05) is 12.6 Å². The first kappa shape index (κ1) is 8.02. The lowest BCUT2D eigenvalue weighted by molar-refractivity contribution is 0.245. The van der Waals surface area contributed by atoms with Gasteiger partial charge in [-0.15, -0.1) is 0 Å². The van der Waals surface area contributed by atoms with Crippen LogP contribution in [-0.4, -0.2) is 24.3 Å². The molecule has 0 spiro atoms. The maximum atomic E-state index is 8.69. The van der Waals surface area contributed by atoms with E-state index in [0.717, 1.165) is 6.54 Å². The van der Waals surface area contributed by atoms with Gasteiger partial charge in [0.2, 0.25) is 0 Å². The summed E-state index contributed by atoms with van der Waals surface area (Å²) >= 11 is 0. The number of nitrogens with one attached hydrogen (secondary N) is 1. The number of rotatable bonds is 4. The van der Waals surface area contributed by atoms with Gasteiger partial charge in [-0.05, 0) is 25.2 Å².